The molecule has 0 aliphatic carbocycles. The monoisotopic (exact) mass is 513 g/mol. The molecule has 0 saturated carbocycles. The van der Waals surface area contributed by atoms with Crippen molar-refractivity contribution < 1.29 is 32.6 Å². The third-order valence-corrected chi connectivity index (χ3v) is 5.99. The van der Waals surface area contributed by atoms with Gasteiger partial charge >= 0.3 is 12.1 Å². The molecule has 3 aromatic rings. The SMILES string of the molecule is COC(=O)CCC[C@H](COC(=O)Nc1cc2ccccc2cn1)N(C)C(=O)CCc1cccc(F)c1F. The van der Waals surface area contributed by atoms with E-state index in [0.29, 0.717) is 18.7 Å². The Morgan fingerprint density at radius 1 is 1.05 bits per heavy atom. The zero-order valence-electron chi connectivity index (χ0n) is 20.7. The standard InChI is InChI=1S/C27H29F2N3O5/c1-32(24(33)14-13-18-9-5-11-22(28)26(18)29)21(10-6-12-25(34)36-2)17-37-27(35)31-23-15-19-7-3-4-8-20(19)16-30-23/h3-5,7-9,11,15-16,21H,6,10,12-14,17H2,1-2H3,(H,30,31,35)/t21-/m1/s1. The van der Waals surface area contributed by atoms with E-state index >= 15 is 0 Å². The number of nitrogens with zero attached hydrogens (tertiary/aromatic N) is 2. The molecule has 1 N–H and O–H groups in total. The topological polar surface area (TPSA) is 97.8 Å². The lowest BCUT2D eigenvalue weighted by atomic mass is 10.1. The van der Waals surface area contributed by atoms with Crippen molar-refractivity contribution in [1.82, 2.24) is 9.88 Å². The maximum Gasteiger partial charge on any atom is 0.412 e. The summed E-state index contributed by atoms with van der Waals surface area (Å²) in [6.07, 6.45) is 1.71. The van der Waals surface area contributed by atoms with Gasteiger partial charge in [-0.2, -0.15) is 0 Å². The summed E-state index contributed by atoms with van der Waals surface area (Å²) in [6.45, 7) is -0.142. The van der Waals surface area contributed by atoms with Crippen LogP contribution in [0, 0.1) is 11.6 Å². The van der Waals surface area contributed by atoms with Crippen LogP contribution >= 0.6 is 0 Å². The second kappa shape index (κ2) is 13.3. The molecule has 37 heavy (non-hydrogen) atoms. The lowest BCUT2D eigenvalue weighted by Gasteiger charge is -2.28. The third-order valence-electron chi connectivity index (χ3n) is 5.99. The maximum absolute atomic E-state index is 13.9. The summed E-state index contributed by atoms with van der Waals surface area (Å²) in [7, 11) is 2.83. The number of likely N-dealkylation sites (N-methyl/N-ethyl adjacent to an activating group) is 1. The van der Waals surface area contributed by atoms with Crippen LogP contribution in [-0.2, 0) is 25.5 Å². The predicted octanol–water partition coefficient (Wildman–Crippen LogP) is 4.86. The Morgan fingerprint density at radius 3 is 2.57 bits per heavy atom. The molecule has 0 fully saturated rings. The van der Waals surface area contributed by atoms with E-state index in [-0.39, 0.29) is 37.3 Å². The highest BCUT2D eigenvalue weighted by Crippen LogP contribution is 2.18. The fourth-order valence-corrected chi connectivity index (χ4v) is 3.80. The minimum Gasteiger partial charge on any atom is -0.469 e. The minimum atomic E-state index is -0.977. The van der Waals surface area contributed by atoms with Crippen molar-refractivity contribution >= 4 is 34.6 Å². The quantitative estimate of drug-likeness (QED) is 0.368. The van der Waals surface area contributed by atoms with E-state index in [1.165, 1.54) is 24.1 Å². The first-order chi connectivity index (χ1) is 17.8. The number of rotatable bonds is 11. The van der Waals surface area contributed by atoms with E-state index < -0.39 is 29.7 Å². The molecule has 1 aromatic heterocycles. The number of hydrogen-bond donors (Lipinski definition) is 1. The molecule has 1 atom stereocenters. The zero-order valence-corrected chi connectivity index (χ0v) is 20.7. The molecule has 2 aromatic carbocycles. The summed E-state index contributed by atoms with van der Waals surface area (Å²) in [6, 6.07) is 12.5. The van der Waals surface area contributed by atoms with Gasteiger partial charge in [-0.25, -0.2) is 18.6 Å². The number of carbonyl (C=O) groups is 3. The second-order valence-electron chi connectivity index (χ2n) is 8.48. The molecule has 0 unspecified atom stereocenters. The summed E-state index contributed by atoms with van der Waals surface area (Å²) < 4.78 is 37.4. The first-order valence-corrected chi connectivity index (χ1v) is 11.8. The van der Waals surface area contributed by atoms with Gasteiger partial charge in [0.1, 0.15) is 12.4 Å². The van der Waals surface area contributed by atoms with Crippen molar-refractivity contribution in [3.63, 3.8) is 0 Å². The number of fused-ring (bicyclic) bond motifs is 1. The van der Waals surface area contributed by atoms with Crippen LogP contribution in [0.4, 0.5) is 19.4 Å². The highest BCUT2D eigenvalue weighted by atomic mass is 19.2. The fraction of sp³-hybridized carbons (Fsp3) is 0.333. The van der Waals surface area contributed by atoms with E-state index in [0.717, 1.165) is 16.8 Å². The molecule has 0 radical (unpaired) electrons. The molecule has 8 nitrogen and oxygen atoms in total. The summed E-state index contributed by atoms with van der Waals surface area (Å²) in [4.78, 5) is 42.3. The van der Waals surface area contributed by atoms with Crippen LogP contribution in [0.1, 0.15) is 31.2 Å². The molecule has 10 heteroatoms. The average Bonchev–Trinajstić information content (AvgIpc) is 2.90. The first-order valence-electron chi connectivity index (χ1n) is 11.8. The molecule has 3 rings (SSSR count). The van der Waals surface area contributed by atoms with Crippen LogP contribution in [0.25, 0.3) is 10.8 Å². The van der Waals surface area contributed by atoms with Gasteiger partial charge in [0.15, 0.2) is 11.6 Å². The molecule has 0 spiro atoms. The van der Waals surface area contributed by atoms with Gasteiger partial charge in [0.25, 0.3) is 0 Å². The number of nitrogens with one attached hydrogen (secondary N) is 1. The molecule has 0 aliphatic rings. The Bertz CT molecular complexity index is 1250. The number of carbonyl (C=O) groups excluding carboxylic acids is 3. The van der Waals surface area contributed by atoms with Crippen LogP contribution in [0.3, 0.4) is 0 Å². The molecule has 0 aliphatic heterocycles. The normalized spacial score (nSPS) is 11.6. The summed E-state index contributed by atoms with van der Waals surface area (Å²) >= 11 is 0. The Labute approximate surface area is 213 Å². The van der Waals surface area contributed by atoms with Crippen LogP contribution < -0.4 is 5.32 Å². The van der Waals surface area contributed by atoms with Crippen molar-refractivity contribution in [2.75, 3.05) is 26.1 Å². The molecular formula is C27H29F2N3O5. The number of benzene rings is 2. The predicted molar refractivity (Wildman–Crippen MR) is 134 cm³/mol. The summed E-state index contributed by atoms with van der Waals surface area (Å²) in [5.74, 6) is -2.37. The molecule has 2 amide bonds. The fourth-order valence-electron chi connectivity index (χ4n) is 3.80. The van der Waals surface area contributed by atoms with Crippen molar-refractivity contribution in [1.29, 1.82) is 0 Å². The summed E-state index contributed by atoms with van der Waals surface area (Å²) in [5, 5.41) is 4.39. The number of anilines is 1. The number of ether oxygens (including phenoxy) is 2. The Balaban J connectivity index is 1.60. The first kappa shape index (κ1) is 27.5. The summed E-state index contributed by atoms with van der Waals surface area (Å²) in [5.41, 5.74) is 0.0995. The molecule has 196 valence electrons. The molecule has 0 saturated heterocycles. The van der Waals surface area contributed by atoms with Crippen molar-refractivity contribution in [3.05, 3.63) is 71.9 Å². The number of amides is 2. The minimum absolute atomic E-state index is 0.0105. The zero-order chi connectivity index (χ0) is 26.8. The Kier molecular flexibility index (Phi) is 9.88. The van der Waals surface area contributed by atoms with Gasteiger partial charge in [0.2, 0.25) is 5.91 Å². The van der Waals surface area contributed by atoms with Crippen molar-refractivity contribution in [2.24, 2.45) is 0 Å². The van der Waals surface area contributed by atoms with Crippen LogP contribution in [0.15, 0.2) is 54.7 Å². The molecular weight excluding hydrogens is 484 g/mol. The number of hydrogen-bond acceptors (Lipinski definition) is 6. The lowest BCUT2D eigenvalue weighted by molar-refractivity contribution is -0.140. The highest BCUT2D eigenvalue weighted by Gasteiger charge is 2.23. The Hall–Kier alpha value is -4.08. The van der Waals surface area contributed by atoms with Gasteiger partial charge in [-0.1, -0.05) is 36.4 Å². The highest BCUT2D eigenvalue weighted by molar-refractivity contribution is 5.89. The van der Waals surface area contributed by atoms with Gasteiger partial charge in [-0.05, 0) is 42.3 Å². The third kappa shape index (κ3) is 7.96. The van der Waals surface area contributed by atoms with Gasteiger partial charge in [-0.15, -0.1) is 0 Å². The van der Waals surface area contributed by atoms with Crippen LogP contribution in [0.5, 0.6) is 0 Å². The second-order valence-corrected chi connectivity index (χ2v) is 8.48. The average molecular weight is 514 g/mol. The van der Waals surface area contributed by atoms with E-state index in [1.807, 2.05) is 24.3 Å². The van der Waals surface area contributed by atoms with E-state index in [4.69, 9.17) is 4.74 Å². The number of methoxy groups -OCH3 is 1. The van der Waals surface area contributed by atoms with Crippen LogP contribution in [-0.4, -0.2) is 54.7 Å². The number of esters is 1. The Morgan fingerprint density at radius 2 is 1.81 bits per heavy atom. The largest absolute Gasteiger partial charge is 0.469 e. The van der Waals surface area contributed by atoms with Crippen LogP contribution in [0.2, 0.25) is 0 Å². The van der Waals surface area contributed by atoms with Gasteiger partial charge < -0.3 is 14.4 Å². The van der Waals surface area contributed by atoms with Gasteiger partial charge in [0, 0.05) is 31.5 Å². The van der Waals surface area contributed by atoms with Gasteiger partial charge in [-0.3, -0.25) is 14.9 Å². The maximum atomic E-state index is 13.9. The number of aryl methyl sites for hydroxylation is 1. The lowest BCUT2D eigenvalue weighted by Crippen LogP contribution is -2.41. The smallest absolute Gasteiger partial charge is 0.412 e. The van der Waals surface area contributed by atoms with Crippen molar-refractivity contribution in [3.8, 4) is 0 Å². The number of halogens is 2. The van der Waals surface area contributed by atoms with E-state index in [9.17, 15) is 23.2 Å². The molecule has 1 heterocycles. The van der Waals surface area contributed by atoms with Gasteiger partial charge in [0.05, 0.1) is 13.2 Å². The number of pyridine rings is 1. The van der Waals surface area contributed by atoms with E-state index in [2.05, 4.69) is 15.0 Å². The van der Waals surface area contributed by atoms with E-state index in [1.54, 1.807) is 19.3 Å². The number of aromatic nitrogens is 1. The molecule has 0 bridgehead atoms. The van der Waals surface area contributed by atoms with Crippen molar-refractivity contribution in [2.45, 2.75) is 38.1 Å².